The third kappa shape index (κ3) is 3.04. The summed E-state index contributed by atoms with van der Waals surface area (Å²) in [6.07, 6.45) is 0.419. The molecule has 124 valence electrons. The number of imidazole rings is 1. The van der Waals surface area contributed by atoms with Gasteiger partial charge in [0.2, 0.25) is 11.5 Å². The van der Waals surface area contributed by atoms with Crippen LogP contribution in [-0.2, 0) is 0 Å². The van der Waals surface area contributed by atoms with Crippen molar-refractivity contribution in [1.29, 1.82) is 0 Å². The number of aryl methyl sites for hydroxylation is 1. The van der Waals surface area contributed by atoms with Gasteiger partial charge in [-0.3, -0.25) is 14.0 Å². The Morgan fingerprint density at radius 1 is 1.42 bits per heavy atom. The Kier molecular flexibility index (Phi) is 4.13. The number of nitrogens with one attached hydrogen (secondary N) is 2. The highest BCUT2D eigenvalue weighted by molar-refractivity contribution is 5.93. The number of carbonyl (C=O) groups is 1. The lowest BCUT2D eigenvalue weighted by Crippen LogP contribution is -2.30. The Bertz CT molecular complexity index is 963. The van der Waals surface area contributed by atoms with E-state index in [1.54, 1.807) is 19.1 Å². The number of fused-ring (bicyclic) bond motifs is 1. The van der Waals surface area contributed by atoms with Gasteiger partial charge in [-0.2, -0.15) is 4.39 Å². The Balaban J connectivity index is 1.75. The minimum atomic E-state index is -1.12. The molecule has 1 atom stereocenters. The minimum absolute atomic E-state index is 0.189. The molecule has 3 heterocycles. The van der Waals surface area contributed by atoms with Crippen molar-refractivity contribution >= 4 is 11.6 Å². The maximum Gasteiger partial charge on any atom is 0.274 e. The molecule has 3 aromatic heterocycles. The number of aliphatic hydroxyl groups is 1. The van der Waals surface area contributed by atoms with E-state index in [-0.39, 0.29) is 23.5 Å². The van der Waals surface area contributed by atoms with E-state index in [1.165, 1.54) is 28.8 Å². The first-order chi connectivity index (χ1) is 11.5. The minimum Gasteiger partial charge on any atom is -0.385 e. The van der Waals surface area contributed by atoms with Gasteiger partial charge in [-0.15, -0.1) is 0 Å². The van der Waals surface area contributed by atoms with Gasteiger partial charge in [0, 0.05) is 24.5 Å². The number of amides is 1. The van der Waals surface area contributed by atoms with Gasteiger partial charge in [0.15, 0.2) is 5.69 Å². The fraction of sp³-hybridized carbons (Fsp3) is 0.188. The van der Waals surface area contributed by atoms with E-state index in [1.807, 2.05) is 0 Å². The molecule has 8 heteroatoms. The van der Waals surface area contributed by atoms with Crippen molar-refractivity contribution in [3.63, 3.8) is 0 Å². The van der Waals surface area contributed by atoms with Gasteiger partial charge in [0.05, 0.1) is 0 Å². The van der Waals surface area contributed by atoms with Gasteiger partial charge < -0.3 is 15.4 Å². The molecule has 24 heavy (non-hydrogen) atoms. The first-order valence-corrected chi connectivity index (χ1v) is 7.25. The summed E-state index contributed by atoms with van der Waals surface area (Å²) in [6.45, 7) is 1.61. The summed E-state index contributed by atoms with van der Waals surface area (Å²) in [4.78, 5) is 29.7. The van der Waals surface area contributed by atoms with Crippen molar-refractivity contribution < 1.29 is 14.3 Å². The highest BCUT2D eigenvalue weighted by atomic mass is 19.1. The zero-order chi connectivity index (χ0) is 17.3. The van der Waals surface area contributed by atoms with Crippen LogP contribution in [0.1, 0.15) is 27.8 Å². The first kappa shape index (κ1) is 15.9. The van der Waals surface area contributed by atoms with Crippen LogP contribution in [0.4, 0.5) is 4.39 Å². The number of pyridine rings is 2. The lowest BCUT2D eigenvalue weighted by atomic mass is 10.2. The molecular weight excluding hydrogens is 315 g/mol. The van der Waals surface area contributed by atoms with E-state index in [2.05, 4.69) is 15.3 Å². The van der Waals surface area contributed by atoms with Gasteiger partial charge in [0.1, 0.15) is 11.8 Å². The van der Waals surface area contributed by atoms with E-state index in [0.717, 1.165) is 5.56 Å². The molecule has 3 rings (SSSR count). The lowest BCUT2D eigenvalue weighted by Gasteiger charge is -2.11. The van der Waals surface area contributed by atoms with Crippen LogP contribution in [0.5, 0.6) is 0 Å². The molecule has 0 saturated heterocycles. The number of hydrogen-bond donors (Lipinski definition) is 3. The fourth-order valence-electron chi connectivity index (χ4n) is 2.31. The van der Waals surface area contributed by atoms with Crippen LogP contribution in [-0.4, -0.2) is 31.9 Å². The van der Waals surface area contributed by atoms with E-state index >= 15 is 0 Å². The summed E-state index contributed by atoms with van der Waals surface area (Å²) in [5.41, 5.74) is 0.688. The van der Waals surface area contributed by atoms with Gasteiger partial charge in [-0.25, -0.2) is 4.98 Å². The second kappa shape index (κ2) is 6.25. The number of carbonyl (C=O) groups excluding carboxylic acids is 1. The van der Waals surface area contributed by atoms with Crippen LogP contribution in [0.15, 0.2) is 41.3 Å². The number of nitrogens with zero attached hydrogens (tertiary/aromatic N) is 2. The topological polar surface area (TPSA) is 99.5 Å². The zero-order valence-corrected chi connectivity index (χ0v) is 12.8. The molecule has 0 aromatic carbocycles. The summed E-state index contributed by atoms with van der Waals surface area (Å²) >= 11 is 0. The number of H-pyrrole nitrogens is 1. The normalized spacial score (nSPS) is 12.3. The number of aromatic nitrogens is 3. The van der Waals surface area contributed by atoms with E-state index in [4.69, 9.17) is 0 Å². The van der Waals surface area contributed by atoms with E-state index in [0.29, 0.717) is 5.65 Å². The summed E-state index contributed by atoms with van der Waals surface area (Å²) in [5.74, 6) is -1.51. The van der Waals surface area contributed by atoms with Crippen LogP contribution in [0.25, 0.3) is 5.65 Å². The van der Waals surface area contributed by atoms with Gasteiger partial charge in [-0.1, -0.05) is 12.1 Å². The maximum absolute atomic E-state index is 14.3. The maximum atomic E-state index is 14.3. The van der Waals surface area contributed by atoms with Crippen molar-refractivity contribution in [3.05, 3.63) is 69.8 Å². The predicted octanol–water partition coefficient (Wildman–Crippen LogP) is 0.934. The Hall–Kier alpha value is -3.00. The molecule has 0 spiro atoms. The first-order valence-electron chi connectivity index (χ1n) is 7.25. The lowest BCUT2D eigenvalue weighted by molar-refractivity contribution is 0.0905. The van der Waals surface area contributed by atoms with E-state index < -0.39 is 18.0 Å². The van der Waals surface area contributed by atoms with E-state index in [9.17, 15) is 19.1 Å². The summed E-state index contributed by atoms with van der Waals surface area (Å²) in [5, 5.41) is 12.4. The molecule has 7 nitrogen and oxygen atoms in total. The molecule has 3 aromatic rings. The molecule has 0 aliphatic heterocycles. The van der Waals surface area contributed by atoms with Crippen molar-refractivity contribution in [1.82, 2.24) is 19.7 Å². The molecule has 0 aliphatic rings. The van der Waals surface area contributed by atoms with Crippen molar-refractivity contribution in [2.45, 2.75) is 13.0 Å². The Labute approximate surface area is 135 Å². The molecule has 1 amide bonds. The van der Waals surface area contributed by atoms with Crippen molar-refractivity contribution in [2.24, 2.45) is 0 Å². The van der Waals surface area contributed by atoms with Gasteiger partial charge >= 0.3 is 0 Å². The molecule has 0 bridgehead atoms. The molecule has 0 fully saturated rings. The number of aliphatic hydroxyl groups excluding tert-OH is 1. The van der Waals surface area contributed by atoms with Crippen LogP contribution in [0.3, 0.4) is 0 Å². The highest BCUT2D eigenvalue weighted by Gasteiger charge is 2.20. The summed E-state index contributed by atoms with van der Waals surface area (Å²) < 4.78 is 15.5. The Morgan fingerprint density at radius 3 is 2.96 bits per heavy atom. The third-order valence-corrected chi connectivity index (χ3v) is 3.53. The number of halogens is 1. The van der Waals surface area contributed by atoms with Crippen molar-refractivity contribution in [3.8, 4) is 0 Å². The second-order valence-electron chi connectivity index (χ2n) is 5.38. The van der Waals surface area contributed by atoms with Crippen LogP contribution >= 0.6 is 0 Å². The smallest absolute Gasteiger partial charge is 0.274 e. The zero-order valence-electron chi connectivity index (χ0n) is 12.8. The SMILES string of the molecule is Cc1ccc2nc(C(=O)NCC(O)c3cccc(=O)[nH]3)c(F)n2c1. The summed E-state index contributed by atoms with van der Waals surface area (Å²) in [6, 6.07) is 7.69. The van der Waals surface area contributed by atoms with Crippen LogP contribution in [0.2, 0.25) is 0 Å². The average Bonchev–Trinajstić information content (AvgIpc) is 2.89. The molecule has 0 saturated carbocycles. The van der Waals surface area contributed by atoms with Crippen LogP contribution < -0.4 is 10.9 Å². The van der Waals surface area contributed by atoms with Crippen LogP contribution in [0, 0.1) is 12.9 Å². The predicted molar refractivity (Wildman–Crippen MR) is 84.2 cm³/mol. The second-order valence-corrected chi connectivity index (χ2v) is 5.38. The molecule has 0 radical (unpaired) electrons. The molecule has 1 unspecified atom stereocenters. The largest absolute Gasteiger partial charge is 0.385 e. The third-order valence-electron chi connectivity index (χ3n) is 3.53. The number of rotatable bonds is 4. The highest BCUT2D eigenvalue weighted by Crippen LogP contribution is 2.13. The number of aromatic amines is 1. The monoisotopic (exact) mass is 330 g/mol. The molecular formula is C16H15FN4O3. The summed E-state index contributed by atoms with van der Waals surface area (Å²) in [7, 11) is 0. The molecule has 3 N–H and O–H groups in total. The Morgan fingerprint density at radius 2 is 2.21 bits per heavy atom. The van der Waals surface area contributed by atoms with Gasteiger partial charge in [0.25, 0.3) is 5.91 Å². The fourth-order valence-corrected chi connectivity index (χ4v) is 2.31. The number of hydrogen-bond acceptors (Lipinski definition) is 4. The van der Waals surface area contributed by atoms with Crippen molar-refractivity contribution in [2.75, 3.05) is 6.54 Å². The van der Waals surface area contributed by atoms with Gasteiger partial charge in [-0.05, 0) is 24.6 Å². The quantitative estimate of drug-likeness (QED) is 0.663. The average molecular weight is 330 g/mol. The molecule has 0 aliphatic carbocycles. The standard InChI is InChI=1S/C16H15FN4O3/c1-9-5-6-12-20-14(15(17)21(12)8-9)16(24)18-7-11(22)10-3-2-4-13(23)19-10/h2-6,8,11,22H,7H2,1H3,(H,18,24)(H,19,23).